The number of benzene rings is 1. The minimum atomic E-state index is -4.11. The lowest BCUT2D eigenvalue weighted by Crippen LogP contribution is -2.08. The van der Waals surface area contributed by atoms with Gasteiger partial charge in [0.25, 0.3) is 0 Å². The van der Waals surface area contributed by atoms with E-state index in [1.54, 1.807) is 0 Å². The molecule has 0 aliphatic rings. The van der Waals surface area contributed by atoms with Gasteiger partial charge in [-0.25, -0.2) is 0 Å². The zero-order chi connectivity index (χ0) is 13.2. The van der Waals surface area contributed by atoms with Crippen LogP contribution < -0.4 is 0 Å². The molecule has 0 aliphatic carbocycles. The molecule has 0 aromatic heterocycles. The smallest absolute Gasteiger partial charge is 0.171 e. The molecule has 0 aliphatic heterocycles. The first-order valence-electron chi connectivity index (χ1n) is 4.87. The molecular weight excluding hydrogens is 429 g/mol. The zero-order valence-electron chi connectivity index (χ0n) is 8.91. The van der Waals surface area contributed by atoms with Crippen LogP contribution >= 0.6 is 47.8 Å². The highest BCUT2D eigenvalue weighted by Gasteiger charge is 2.28. The van der Waals surface area contributed by atoms with E-state index in [0.717, 1.165) is 20.1 Å². The second kappa shape index (κ2) is 6.06. The molecule has 6 heteroatoms. The predicted molar refractivity (Wildman–Crippen MR) is 73.5 cm³/mol. The van der Waals surface area contributed by atoms with Crippen LogP contribution in [0, 0.1) is 6.92 Å². The lowest BCUT2D eigenvalue weighted by atomic mass is 10.1. The number of rotatable bonds is 3. The average molecular weight is 439 g/mol. The summed E-state index contributed by atoms with van der Waals surface area (Å²) in [6.45, 7) is 1.93. The Kier molecular flexibility index (Phi) is 5.53. The first kappa shape index (κ1) is 15.5. The van der Waals surface area contributed by atoms with Crippen molar-refractivity contribution in [1.82, 2.24) is 0 Å². The fourth-order valence-corrected chi connectivity index (χ4v) is 3.36. The van der Waals surface area contributed by atoms with Crippen LogP contribution in [-0.2, 0) is 0 Å². The number of aryl methyl sites for hydroxylation is 1. The average Bonchev–Trinajstić information content (AvgIpc) is 2.19. The highest BCUT2D eigenvalue weighted by Crippen LogP contribution is 2.38. The molecule has 0 radical (unpaired) electrons. The summed E-state index contributed by atoms with van der Waals surface area (Å²) in [6, 6.07) is 3.73. The quantitative estimate of drug-likeness (QED) is 0.486. The van der Waals surface area contributed by atoms with E-state index in [4.69, 9.17) is 0 Å². The molecule has 0 nitrogen and oxygen atoms in total. The largest absolute Gasteiger partial charge is 0.389 e. The van der Waals surface area contributed by atoms with Crippen LogP contribution in [0.4, 0.5) is 13.2 Å². The molecule has 0 bridgehead atoms. The summed E-state index contributed by atoms with van der Waals surface area (Å²) < 4.78 is 38.1. The van der Waals surface area contributed by atoms with Crippen LogP contribution in [-0.4, -0.2) is 6.18 Å². The van der Waals surface area contributed by atoms with Crippen LogP contribution in [0.3, 0.4) is 0 Å². The summed E-state index contributed by atoms with van der Waals surface area (Å²) in [5.74, 6) is 0. The second-order valence-corrected chi connectivity index (χ2v) is 6.56. The summed E-state index contributed by atoms with van der Waals surface area (Å²) in [7, 11) is 0. The normalized spacial score (nSPS) is 13.8. The van der Waals surface area contributed by atoms with Gasteiger partial charge in [-0.15, -0.1) is 0 Å². The first-order chi connectivity index (χ1) is 7.70. The van der Waals surface area contributed by atoms with Gasteiger partial charge in [0.05, 0.1) is 0 Å². The van der Waals surface area contributed by atoms with Crippen molar-refractivity contribution in [3.8, 4) is 0 Å². The van der Waals surface area contributed by atoms with Gasteiger partial charge in [0.1, 0.15) is 0 Å². The van der Waals surface area contributed by atoms with Gasteiger partial charge in [0.2, 0.25) is 0 Å². The molecule has 0 saturated heterocycles. The lowest BCUT2D eigenvalue weighted by molar-refractivity contribution is -0.135. The first-order valence-corrected chi connectivity index (χ1v) is 7.37. The predicted octanol–water partition coefficient (Wildman–Crippen LogP) is 6.30. The Morgan fingerprint density at radius 2 is 1.76 bits per heavy atom. The topological polar surface area (TPSA) is 0 Å². The fourth-order valence-electron chi connectivity index (χ4n) is 1.35. The van der Waals surface area contributed by atoms with Crippen molar-refractivity contribution in [3.63, 3.8) is 0 Å². The van der Waals surface area contributed by atoms with Gasteiger partial charge in [0.15, 0.2) is 0 Å². The van der Waals surface area contributed by atoms with E-state index >= 15 is 0 Å². The molecule has 0 heterocycles. The summed E-state index contributed by atoms with van der Waals surface area (Å²) in [6.07, 6.45) is -4.88. The van der Waals surface area contributed by atoms with Crippen LogP contribution in [0.5, 0.6) is 0 Å². The third-order valence-electron chi connectivity index (χ3n) is 2.30. The van der Waals surface area contributed by atoms with Gasteiger partial charge in [0, 0.05) is 20.2 Å². The maximum Gasteiger partial charge on any atom is 0.389 e. The molecule has 1 rings (SSSR count). The van der Waals surface area contributed by atoms with Gasteiger partial charge in [-0.3, -0.25) is 0 Å². The number of alkyl halides is 4. The molecule has 17 heavy (non-hydrogen) atoms. The van der Waals surface area contributed by atoms with Crippen LogP contribution in [0.25, 0.3) is 0 Å². The Morgan fingerprint density at radius 1 is 1.18 bits per heavy atom. The minimum absolute atomic E-state index is 0.0254. The Labute approximate surface area is 123 Å². The van der Waals surface area contributed by atoms with Crippen molar-refractivity contribution in [2.75, 3.05) is 0 Å². The fraction of sp³-hybridized carbons (Fsp3) is 0.455. The number of halogens is 6. The second-order valence-electron chi connectivity index (χ2n) is 3.74. The van der Waals surface area contributed by atoms with Gasteiger partial charge in [-0.1, -0.05) is 47.8 Å². The SMILES string of the molecule is Cc1cc(Br)c(C(Br)CCC(F)(F)F)cc1Br. The molecular formula is C11H10Br3F3. The standard InChI is InChI=1S/C11H10Br3F3/c1-6-4-10(14)7(5-9(6)13)8(12)2-3-11(15,16)17/h4-5,8H,2-3H2,1H3. The Bertz CT molecular complexity index is 402. The maximum atomic E-state index is 12.1. The Balaban J connectivity index is 2.82. The van der Waals surface area contributed by atoms with Gasteiger partial charge >= 0.3 is 6.18 Å². The van der Waals surface area contributed by atoms with Crippen molar-refractivity contribution < 1.29 is 13.2 Å². The summed E-state index contributed by atoms with van der Waals surface area (Å²) in [5.41, 5.74) is 1.86. The third-order valence-corrected chi connectivity index (χ3v) is 4.79. The number of hydrogen-bond acceptors (Lipinski definition) is 0. The van der Waals surface area contributed by atoms with E-state index in [1.165, 1.54) is 0 Å². The molecule has 0 saturated carbocycles. The monoisotopic (exact) mass is 436 g/mol. The summed E-state index contributed by atoms with van der Waals surface area (Å²) in [5, 5.41) is 0. The maximum absolute atomic E-state index is 12.1. The summed E-state index contributed by atoms with van der Waals surface area (Å²) in [4.78, 5) is -0.310. The molecule has 1 atom stereocenters. The molecule has 1 unspecified atom stereocenters. The van der Waals surface area contributed by atoms with E-state index in [-0.39, 0.29) is 11.2 Å². The minimum Gasteiger partial charge on any atom is -0.171 e. The molecule has 0 amide bonds. The van der Waals surface area contributed by atoms with E-state index in [0.29, 0.717) is 0 Å². The van der Waals surface area contributed by atoms with Gasteiger partial charge in [-0.05, 0) is 36.6 Å². The Hall–Kier alpha value is 0.450. The lowest BCUT2D eigenvalue weighted by Gasteiger charge is -2.15. The highest BCUT2D eigenvalue weighted by atomic mass is 79.9. The molecule has 1 aromatic carbocycles. The van der Waals surface area contributed by atoms with Crippen molar-refractivity contribution in [2.45, 2.75) is 30.8 Å². The van der Waals surface area contributed by atoms with E-state index < -0.39 is 12.6 Å². The molecule has 0 spiro atoms. The van der Waals surface area contributed by atoms with E-state index in [2.05, 4.69) is 47.8 Å². The Morgan fingerprint density at radius 3 is 2.29 bits per heavy atom. The molecule has 0 N–H and O–H groups in total. The summed E-state index contributed by atoms with van der Waals surface area (Å²) >= 11 is 10.0. The third kappa shape index (κ3) is 4.91. The number of hydrogen-bond donors (Lipinski definition) is 0. The van der Waals surface area contributed by atoms with E-state index in [9.17, 15) is 13.2 Å². The van der Waals surface area contributed by atoms with E-state index in [1.807, 2.05) is 19.1 Å². The van der Waals surface area contributed by atoms with Crippen molar-refractivity contribution in [1.29, 1.82) is 0 Å². The van der Waals surface area contributed by atoms with Gasteiger partial charge in [-0.2, -0.15) is 13.2 Å². The van der Waals surface area contributed by atoms with Crippen LogP contribution in [0.2, 0.25) is 0 Å². The highest BCUT2D eigenvalue weighted by molar-refractivity contribution is 9.11. The molecule has 1 aromatic rings. The van der Waals surface area contributed by atoms with Crippen molar-refractivity contribution in [2.24, 2.45) is 0 Å². The molecule has 0 fully saturated rings. The van der Waals surface area contributed by atoms with Crippen molar-refractivity contribution >= 4 is 47.8 Å². The van der Waals surface area contributed by atoms with Crippen LogP contribution in [0.1, 0.15) is 28.8 Å². The zero-order valence-corrected chi connectivity index (χ0v) is 13.7. The van der Waals surface area contributed by atoms with Gasteiger partial charge < -0.3 is 0 Å². The molecule has 96 valence electrons. The van der Waals surface area contributed by atoms with Crippen molar-refractivity contribution in [3.05, 3.63) is 32.2 Å². The van der Waals surface area contributed by atoms with Crippen LogP contribution in [0.15, 0.2) is 21.1 Å².